The van der Waals surface area contributed by atoms with Gasteiger partial charge in [-0.3, -0.25) is 0 Å². The number of aryl methyl sites for hydroxylation is 1. The van der Waals surface area contributed by atoms with Gasteiger partial charge in [-0.25, -0.2) is 9.59 Å². The van der Waals surface area contributed by atoms with Gasteiger partial charge in [-0.05, 0) is 6.92 Å². The molecule has 1 aromatic heterocycles. The number of carbonyl (C=O) groups is 2. The van der Waals surface area contributed by atoms with Gasteiger partial charge < -0.3 is 14.3 Å². The summed E-state index contributed by atoms with van der Waals surface area (Å²) in [6.07, 6.45) is 1.07. The minimum Gasteiger partial charge on any atom is -0.478 e. The van der Waals surface area contributed by atoms with Crippen molar-refractivity contribution in [2.24, 2.45) is 0 Å². The fourth-order valence-corrected chi connectivity index (χ4v) is 0.981. The summed E-state index contributed by atoms with van der Waals surface area (Å²) in [5.74, 6) is -1.73. The highest BCUT2D eigenvalue weighted by Crippen LogP contribution is 2.17. The maximum absolute atomic E-state index is 11.0. The molecule has 0 fully saturated rings. The van der Waals surface area contributed by atoms with E-state index < -0.39 is 11.9 Å². The van der Waals surface area contributed by atoms with Gasteiger partial charge in [0.25, 0.3) is 0 Å². The monoisotopic (exact) mass is 184 g/mol. The minimum atomic E-state index is -1.20. The molecule has 5 heteroatoms. The SMILES string of the molecule is COC(=O)c1coc(C)c1C(=O)O. The number of ether oxygens (including phenoxy) is 1. The van der Waals surface area contributed by atoms with Gasteiger partial charge in [-0.2, -0.15) is 0 Å². The third-order valence-corrected chi connectivity index (χ3v) is 1.59. The van der Waals surface area contributed by atoms with E-state index in [2.05, 4.69) is 4.74 Å². The van der Waals surface area contributed by atoms with Crippen molar-refractivity contribution in [2.45, 2.75) is 6.92 Å². The molecule has 0 saturated heterocycles. The summed E-state index contributed by atoms with van der Waals surface area (Å²) in [5.41, 5.74) is -0.209. The van der Waals surface area contributed by atoms with Crippen molar-refractivity contribution >= 4 is 11.9 Å². The van der Waals surface area contributed by atoms with E-state index in [0.29, 0.717) is 0 Å². The number of methoxy groups -OCH3 is 1. The van der Waals surface area contributed by atoms with E-state index in [1.165, 1.54) is 14.0 Å². The highest BCUT2D eigenvalue weighted by Gasteiger charge is 2.22. The Morgan fingerprint density at radius 1 is 1.54 bits per heavy atom. The molecule has 0 spiro atoms. The minimum absolute atomic E-state index is 0.0625. The Bertz CT molecular complexity index is 349. The number of carbonyl (C=O) groups excluding carboxylic acids is 1. The van der Waals surface area contributed by atoms with Gasteiger partial charge in [0.05, 0.1) is 7.11 Å². The summed E-state index contributed by atoms with van der Waals surface area (Å²) < 4.78 is 9.18. The number of rotatable bonds is 2. The molecular weight excluding hydrogens is 176 g/mol. The molecule has 0 unspecified atom stereocenters. The molecule has 0 bridgehead atoms. The smallest absolute Gasteiger partial charge is 0.342 e. The van der Waals surface area contributed by atoms with Gasteiger partial charge in [-0.1, -0.05) is 0 Å². The topological polar surface area (TPSA) is 76.7 Å². The molecule has 1 aromatic rings. The average Bonchev–Trinajstić information content (AvgIpc) is 2.45. The summed E-state index contributed by atoms with van der Waals surface area (Å²) in [6, 6.07) is 0. The van der Waals surface area contributed by atoms with Gasteiger partial charge >= 0.3 is 11.9 Å². The van der Waals surface area contributed by atoms with Gasteiger partial charge in [0.2, 0.25) is 0 Å². The second-order valence-corrected chi connectivity index (χ2v) is 2.38. The van der Waals surface area contributed by atoms with Crippen molar-refractivity contribution in [2.75, 3.05) is 7.11 Å². The van der Waals surface area contributed by atoms with Crippen LogP contribution < -0.4 is 0 Å². The number of hydrogen-bond acceptors (Lipinski definition) is 4. The molecule has 0 aliphatic carbocycles. The van der Waals surface area contributed by atoms with E-state index in [4.69, 9.17) is 9.52 Å². The molecule has 1 rings (SSSR count). The quantitative estimate of drug-likeness (QED) is 0.695. The van der Waals surface area contributed by atoms with E-state index in [1.807, 2.05) is 0 Å². The zero-order valence-electron chi connectivity index (χ0n) is 7.16. The Balaban J connectivity index is 3.22. The fraction of sp³-hybridized carbons (Fsp3) is 0.250. The predicted molar refractivity (Wildman–Crippen MR) is 41.7 cm³/mol. The highest BCUT2D eigenvalue weighted by atomic mass is 16.5. The lowest BCUT2D eigenvalue weighted by atomic mass is 10.1. The molecule has 70 valence electrons. The Morgan fingerprint density at radius 2 is 2.15 bits per heavy atom. The second-order valence-electron chi connectivity index (χ2n) is 2.38. The lowest BCUT2D eigenvalue weighted by Crippen LogP contribution is -2.08. The number of aromatic carboxylic acids is 1. The Kier molecular flexibility index (Phi) is 2.36. The van der Waals surface area contributed by atoms with E-state index in [0.717, 1.165) is 6.26 Å². The van der Waals surface area contributed by atoms with E-state index in [9.17, 15) is 9.59 Å². The first-order valence-corrected chi connectivity index (χ1v) is 3.47. The number of furan rings is 1. The maximum atomic E-state index is 11.0. The molecule has 13 heavy (non-hydrogen) atoms. The third kappa shape index (κ3) is 1.53. The molecule has 0 amide bonds. The first kappa shape index (κ1) is 9.31. The number of hydrogen-bond donors (Lipinski definition) is 1. The molecule has 0 aromatic carbocycles. The van der Waals surface area contributed by atoms with E-state index in [-0.39, 0.29) is 16.9 Å². The maximum Gasteiger partial charge on any atom is 0.342 e. The first-order valence-electron chi connectivity index (χ1n) is 3.47. The normalized spacial score (nSPS) is 9.69. The van der Waals surface area contributed by atoms with Crippen LogP contribution in [-0.2, 0) is 4.74 Å². The fourth-order valence-electron chi connectivity index (χ4n) is 0.981. The predicted octanol–water partition coefficient (Wildman–Crippen LogP) is 1.07. The van der Waals surface area contributed by atoms with Crippen LogP contribution in [0.15, 0.2) is 10.7 Å². The molecule has 1 heterocycles. The van der Waals surface area contributed by atoms with Crippen LogP contribution in [0.3, 0.4) is 0 Å². The molecule has 5 nitrogen and oxygen atoms in total. The van der Waals surface area contributed by atoms with Gasteiger partial charge in [0.1, 0.15) is 23.2 Å². The Morgan fingerprint density at radius 3 is 2.62 bits per heavy atom. The number of carboxylic acids is 1. The van der Waals surface area contributed by atoms with Crippen LogP contribution >= 0.6 is 0 Å². The van der Waals surface area contributed by atoms with Crippen molar-refractivity contribution in [1.29, 1.82) is 0 Å². The van der Waals surface area contributed by atoms with Crippen LogP contribution in [-0.4, -0.2) is 24.2 Å². The van der Waals surface area contributed by atoms with Crippen LogP contribution in [0.2, 0.25) is 0 Å². The molecule has 0 atom stereocenters. The highest BCUT2D eigenvalue weighted by molar-refractivity contribution is 6.02. The van der Waals surface area contributed by atoms with Crippen molar-refractivity contribution in [3.8, 4) is 0 Å². The number of esters is 1. The van der Waals surface area contributed by atoms with Gasteiger partial charge in [0.15, 0.2) is 0 Å². The van der Waals surface area contributed by atoms with Crippen LogP contribution in [0, 0.1) is 6.92 Å². The van der Waals surface area contributed by atoms with E-state index in [1.54, 1.807) is 0 Å². The third-order valence-electron chi connectivity index (χ3n) is 1.59. The molecular formula is C8H8O5. The van der Waals surface area contributed by atoms with E-state index >= 15 is 0 Å². The Labute approximate surface area is 73.9 Å². The lowest BCUT2D eigenvalue weighted by Gasteiger charge is -1.96. The molecule has 0 aliphatic rings. The average molecular weight is 184 g/mol. The molecule has 0 radical (unpaired) electrons. The number of carboxylic acid groups (broad SMARTS) is 1. The lowest BCUT2D eigenvalue weighted by molar-refractivity contribution is 0.0583. The summed E-state index contributed by atoms with van der Waals surface area (Å²) in [7, 11) is 1.18. The molecule has 0 aliphatic heterocycles. The van der Waals surface area contributed by atoms with Crippen LogP contribution in [0.1, 0.15) is 26.5 Å². The first-order chi connectivity index (χ1) is 6.07. The summed E-state index contributed by atoms with van der Waals surface area (Å²) in [5, 5.41) is 8.71. The summed E-state index contributed by atoms with van der Waals surface area (Å²) >= 11 is 0. The van der Waals surface area contributed by atoms with Gasteiger partial charge in [-0.15, -0.1) is 0 Å². The summed E-state index contributed by atoms with van der Waals surface area (Å²) in [4.78, 5) is 21.7. The van der Waals surface area contributed by atoms with Gasteiger partial charge in [0, 0.05) is 0 Å². The van der Waals surface area contributed by atoms with Crippen LogP contribution in [0.4, 0.5) is 0 Å². The molecule has 1 N–H and O–H groups in total. The Hall–Kier alpha value is -1.78. The zero-order valence-corrected chi connectivity index (χ0v) is 7.16. The standard InChI is InChI=1S/C8H8O5/c1-4-6(7(9)10)5(3-13-4)8(11)12-2/h3H,1-2H3,(H,9,10). The largest absolute Gasteiger partial charge is 0.478 e. The van der Waals surface area contributed by atoms with Crippen molar-refractivity contribution in [1.82, 2.24) is 0 Å². The van der Waals surface area contributed by atoms with Crippen molar-refractivity contribution in [3.63, 3.8) is 0 Å². The van der Waals surface area contributed by atoms with Crippen LogP contribution in [0.5, 0.6) is 0 Å². The zero-order chi connectivity index (χ0) is 10.0. The van der Waals surface area contributed by atoms with Crippen LogP contribution in [0.25, 0.3) is 0 Å². The molecule has 0 saturated carbocycles. The second kappa shape index (κ2) is 3.30. The van der Waals surface area contributed by atoms with Crippen molar-refractivity contribution in [3.05, 3.63) is 23.2 Å². The van der Waals surface area contributed by atoms with Crippen molar-refractivity contribution < 1.29 is 23.8 Å². The summed E-state index contributed by atoms with van der Waals surface area (Å²) in [6.45, 7) is 1.47.